The van der Waals surface area contributed by atoms with Gasteiger partial charge in [0.05, 0.1) is 0 Å². The Morgan fingerprint density at radius 1 is 1.35 bits per heavy atom. The maximum Gasteiger partial charge on any atom is 0.160 e. The lowest BCUT2D eigenvalue weighted by Gasteiger charge is -2.36. The van der Waals surface area contributed by atoms with Crippen molar-refractivity contribution in [2.45, 2.75) is 58.8 Å². The van der Waals surface area contributed by atoms with Gasteiger partial charge in [-0.05, 0) is 60.8 Å². The molecule has 0 saturated heterocycles. The highest BCUT2D eigenvalue weighted by Gasteiger charge is 2.31. The summed E-state index contributed by atoms with van der Waals surface area (Å²) in [5.74, 6) is 0.762. The predicted molar refractivity (Wildman–Crippen MR) is 71.9 cm³/mol. The van der Waals surface area contributed by atoms with Crippen molar-refractivity contribution in [2.75, 3.05) is 0 Å². The average molecular weight is 230 g/mol. The summed E-state index contributed by atoms with van der Waals surface area (Å²) in [6, 6.07) is 4.38. The molecule has 1 aliphatic carbocycles. The van der Waals surface area contributed by atoms with E-state index < -0.39 is 0 Å². The van der Waals surface area contributed by atoms with Gasteiger partial charge in [0.15, 0.2) is 5.78 Å². The largest absolute Gasteiger partial charge is 0.295 e. The second kappa shape index (κ2) is 3.97. The third-order valence-corrected chi connectivity index (χ3v) is 4.24. The summed E-state index contributed by atoms with van der Waals surface area (Å²) in [6.45, 7) is 10.6. The van der Waals surface area contributed by atoms with Crippen LogP contribution in [0.5, 0.6) is 0 Å². The molecule has 92 valence electrons. The number of ketones is 1. The second-order valence-electron chi connectivity index (χ2n) is 6.13. The molecule has 0 aliphatic heterocycles. The van der Waals surface area contributed by atoms with Crippen molar-refractivity contribution in [2.24, 2.45) is 0 Å². The van der Waals surface area contributed by atoms with E-state index in [1.807, 2.05) is 6.92 Å². The zero-order chi connectivity index (χ0) is 12.8. The first-order valence-electron chi connectivity index (χ1n) is 6.49. The summed E-state index contributed by atoms with van der Waals surface area (Å²) < 4.78 is 0. The van der Waals surface area contributed by atoms with Gasteiger partial charge in [0, 0.05) is 5.56 Å². The van der Waals surface area contributed by atoms with Crippen LogP contribution in [0.25, 0.3) is 0 Å². The third-order valence-electron chi connectivity index (χ3n) is 4.24. The lowest BCUT2D eigenvalue weighted by atomic mass is 9.68. The van der Waals surface area contributed by atoms with Crippen molar-refractivity contribution >= 4 is 5.78 Å². The van der Waals surface area contributed by atoms with Gasteiger partial charge in [-0.2, -0.15) is 0 Å². The van der Waals surface area contributed by atoms with Crippen LogP contribution in [0, 0.1) is 6.92 Å². The Kier molecular flexibility index (Phi) is 2.89. The number of rotatable bonds is 1. The molecule has 0 radical (unpaired) electrons. The van der Waals surface area contributed by atoms with Gasteiger partial charge in [-0.15, -0.1) is 0 Å². The van der Waals surface area contributed by atoms with Crippen molar-refractivity contribution in [3.63, 3.8) is 0 Å². The fraction of sp³-hybridized carbons (Fsp3) is 0.562. The highest BCUT2D eigenvalue weighted by Crippen LogP contribution is 2.43. The van der Waals surface area contributed by atoms with E-state index >= 15 is 0 Å². The molecule has 0 unspecified atom stereocenters. The molecule has 0 aromatic heterocycles. The van der Waals surface area contributed by atoms with E-state index in [0.29, 0.717) is 5.92 Å². The number of hydrogen-bond donors (Lipinski definition) is 0. The number of benzene rings is 1. The van der Waals surface area contributed by atoms with Gasteiger partial charge in [-0.1, -0.05) is 26.8 Å². The van der Waals surface area contributed by atoms with Crippen LogP contribution in [0.1, 0.15) is 73.5 Å². The van der Waals surface area contributed by atoms with Gasteiger partial charge in [0.2, 0.25) is 0 Å². The van der Waals surface area contributed by atoms with Gasteiger partial charge >= 0.3 is 0 Å². The van der Waals surface area contributed by atoms with E-state index in [9.17, 15) is 4.79 Å². The Morgan fingerprint density at radius 3 is 2.59 bits per heavy atom. The summed E-state index contributed by atoms with van der Waals surface area (Å²) >= 11 is 0. The molecular formula is C16H22O. The zero-order valence-electron chi connectivity index (χ0n) is 11.6. The monoisotopic (exact) mass is 230 g/mol. The molecule has 17 heavy (non-hydrogen) atoms. The predicted octanol–water partition coefficient (Wildman–Crippen LogP) is 4.37. The standard InChI is InChI=1S/C16H22O/c1-10-6-7-16(4,5)15-8-11(2)13(12(3)17)9-14(10)15/h8-10H,6-7H2,1-5H3/t10-/m0/s1. The number of fused-ring (bicyclic) bond motifs is 1. The van der Waals surface area contributed by atoms with Crippen LogP contribution in [0.2, 0.25) is 0 Å². The second-order valence-corrected chi connectivity index (χ2v) is 6.13. The molecule has 0 bridgehead atoms. The fourth-order valence-corrected chi connectivity index (χ4v) is 2.97. The molecule has 0 N–H and O–H groups in total. The van der Waals surface area contributed by atoms with Crippen LogP contribution in [-0.2, 0) is 5.41 Å². The highest BCUT2D eigenvalue weighted by atomic mass is 16.1. The van der Waals surface area contributed by atoms with E-state index in [1.54, 1.807) is 6.92 Å². The number of Topliss-reactive ketones (excluding diaryl/α,β-unsaturated/α-hetero) is 1. The summed E-state index contributed by atoms with van der Waals surface area (Å²) in [6.07, 6.45) is 2.46. The molecule has 0 spiro atoms. The molecule has 1 aliphatic rings. The van der Waals surface area contributed by atoms with Crippen LogP contribution >= 0.6 is 0 Å². The minimum atomic E-state index is 0.181. The number of aryl methyl sites for hydroxylation is 1. The number of hydrogen-bond acceptors (Lipinski definition) is 1. The summed E-state index contributed by atoms with van der Waals surface area (Å²) in [5.41, 5.74) is 5.10. The lowest BCUT2D eigenvalue weighted by molar-refractivity contribution is 0.101. The molecule has 0 amide bonds. The van der Waals surface area contributed by atoms with Gasteiger partial charge in [0.1, 0.15) is 0 Å². The van der Waals surface area contributed by atoms with E-state index in [4.69, 9.17) is 0 Å². The van der Waals surface area contributed by atoms with Gasteiger partial charge in [0.25, 0.3) is 0 Å². The lowest BCUT2D eigenvalue weighted by Crippen LogP contribution is -2.26. The van der Waals surface area contributed by atoms with Gasteiger partial charge in [-0.3, -0.25) is 4.79 Å². The van der Waals surface area contributed by atoms with Crippen LogP contribution in [-0.4, -0.2) is 5.78 Å². The minimum absolute atomic E-state index is 0.181. The van der Waals surface area contributed by atoms with Crippen molar-refractivity contribution in [1.82, 2.24) is 0 Å². The van der Waals surface area contributed by atoms with E-state index in [-0.39, 0.29) is 11.2 Å². The highest BCUT2D eigenvalue weighted by molar-refractivity contribution is 5.95. The molecule has 1 aromatic carbocycles. The maximum atomic E-state index is 11.6. The first-order valence-corrected chi connectivity index (χ1v) is 6.49. The van der Waals surface area contributed by atoms with E-state index in [0.717, 1.165) is 11.1 Å². The number of carbonyl (C=O) groups excluding carboxylic acids is 1. The molecule has 1 aromatic rings. The molecule has 1 heteroatoms. The quantitative estimate of drug-likeness (QED) is 0.655. The molecule has 0 heterocycles. The molecule has 0 fully saturated rings. The Labute approximate surface area is 104 Å². The first-order chi connectivity index (χ1) is 7.83. The first kappa shape index (κ1) is 12.3. The Hall–Kier alpha value is -1.11. The number of carbonyl (C=O) groups is 1. The molecule has 1 nitrogen and oxygen atoms in total. The van der Waals surface area contributed by atoms with Crippen molar-refractivity contribution < 1.29 is 4.79 Å². The van der Waals surface area contributed by atoms with E-state index in [1.165, 1.54) is 24.0 Å². The normalized spacial score (nSPS) is 22.1. The van der Waals surface area contributed by atoms with Crippen molar-refractivity contribution in [3.8, 4) is 0 Å². The molecule has 1 atom stereocenters. The molecule has 2 rings (SSSR count). The van der Waals surface area contributed by atoms with Crippen LogP contribution in [0.3, 0.4) is 0 Å². The van der Waals surface area contributed by atoms with Gasteiger partial charge in [-0.25, -0.2) is 0 Å². The molecule has 0 saturated carbocycles. The van der Waals surface area contributed by atoms with Crippen molar-refractivity contribution in [1.29, 1.82) is 0 Å². The van der Waals surface area contributed by atoms with Crippen molar-refractivity contribution in [3.05, 3.63) is 34.4 Å². The Morgan fingerprint density at radius 2 is 2.00 bits per heavy atom. The fourth-order valence-electron chi connectivity index (χ4n) is 2.97. The van der Waals surface area contributed by atoms with E-state index in [2.05, 4.69) is 32.9 Å². The van der Waals surface area contributed by atoms with Crippen LogP contribution in [0.4, 0.5) is 0 Å². The summed E-state index contributed by atoms with van der Waals surface area (Å²) in [7, 11) is 0. The van der Waals surface area contributed by atoms with Crippen LogP contribution in [0.15, 0.2) is 12.1 Å². The minimum Gasteiger partial charge on any atom is -0.295 e. The van der Waals surface area contributed by atoms with Gasteiger partial charge < -0.3 is 0 Å². The topological polar surface area (TPSA) is 17.1 Å². The maximum absolute atomic E-state index is 11.6. The molecular weight excluding hydrogens is 208 g/mol. The third kappa shape index (κ3) is 2.03. The Bertz CT molecular complexity index is 469. The summed E-state index contributed by atoms with van der Waals surface area (Å²) in [4.78, 5) is 11.6. The average Bonchev–Trinajstić information content (AvgIpc) is 2.23. The van der Waals surface area contributed by atoms with Crippen LogP contribution < -0.4 is 0 Å². The zero-order valence-corrected chi connectivity index (χ0v) is 11.6. The smallest absolute Gasteiger partial charge is 0.160 e. The SMILES string of the molecule is CC(=O)c1cc2c(cc1C)C(C)(C)CC[C@@H]2C. The Balaban J connectivity index is 2.65. The summed E-state index contributed by atoms with van der Waals surface area (Å²) in [5, 5.41) is 0.